The Balaban J connectivity index is 1.04. The lowest BCUT2D eigenvalue weighted by Gasteiger charge is -2.17. The van der Waals surface area contributed by atoms with Gasteiger partial charge in [0.25, 0.3) is 0 Å². The number of furan rings is 1. The Morgan fingerprint density at radius 3 is 1.04 bits per heavy atom. The van der Waals surface area contributed by atoms with Crippen molar-refractivity contribution in [1.82, 2.24) is 24.1 Å². The molecule has 0 saturated heterocycles. The van der Waals surface area contributed by atoms with E-state index in [1.807, 2.05) is 84.9 Å². The van der Waals surface area contributed by atoms with Crippen molar-refractivity contribution in [2.75, 3.05) is 0 Å². The number of benzene rings is 12. The van der Waals surface area contributed by atoms with Crippen molar-refractivity contribution in [3.8, 4) is 96.1 Å². The molecule has 0 N–H and O–H groups in total. The largest absolute Gasteiger partial charge is 0.453 e. The van der Waals surface area contributed by atoms with Gasteiger partial charge in [-0.05, 0) is 105 Å². The first-order valence-corrected chi connectivity index (χ1v) is 27.8. The summed E-state index contributed by atoms with van der Waals surface area (Å²) in [6.45, 7) is 0. The highest BCUT2D eigenvalue weighted by Crippen LogP contribution is 2.47. The van der Waals surface area contributed by atoms with Crippen molar-refractivity contribution in [3.05, 3.63) is 285 Å². The molecule has 16 aromatic rings. The summed E-state index contributed by atoms with van der Waals surface area (Å²) in [5.41, 5.74) is 18.0. The van der Waals surface area contributed by atoms with Crippen molar-refractivity contribution in [2.45, 2.75) is 0 Å². The summed E-state index contributed by atoms with van der Waals surface area (Å²) >= 11 is 0. The van der Waals surface area contributed by atoms with E-state index in [9.17, 15) is 5.26 Å². The molecule has 12 aromatic carbocycles. The fourth-order valence-corrected chi connectivity index (χ4v) is 12.3. The minimum atomic E-state index is 0.451. The van der Waals surface area contributed by atoms with Crippen LogP contribution in [0.3, 0.4) is 0 Å². The molecule has 4 heterocycles. The highest BCUT2D eigenvalue weighted by atomic mass is 16.3. The van der Waals surface area contributed by atoms with Crippen LogP contribution in [0.15, 0.2) is 283 Å². The summed E-state index contributed by atoms with van der Waals surface area (Å²) in [4.78, 5) is 15.5. The molecule has 0 radical (unpaired) electrons. The Bertz CT molecular complexity index is 4990. The molecule has 0 aliphatic heterocycles. The number of para-hydroxylation sites is 1. The van der Waals surface area contributed by atoms with Crippen molar-refractivity contribution in [3.63, 3.8) is 0 Å². The molecule has 4 aromatic heterocycles. The van der Waals surface area contributed by atoms with E-state index in [1.165, 1.54) is 0 Å². The predicted molar refractivity (Wildman–Crippen MR) is 339 cm³/mol. The molecule has 0 fully saturated rings. The monoisotopic (exact) mass is 1060 g/mol. The number of nitriles is 1. The molecule has 83 heavy (non-hydrogen) atoms. The van der Waals surface area contributed by atoms with Gasteiger partial charge in [-0.2, -0.15) is 5.26 Å². The second-order valence-corrected chi connectivity index (χ2v) is 21.0. The fourth-order valence-electron chi connectivity index (χ4n) is 12.3. The van der Waals surface area contributed by atoms with Gasteiger partial charge in [-0.1, -0.05) is 218 Å². The molecule has 0 unspecified atom stereocenters. The van der Waals surface area contributed by atoms with Gasteiger partial charge in [0.1, 0.15) is 22.9 Å². The zero-order valence-electron chi connectivity index (χ0n) is 44.6. The van der Waals surface area contributed by atoms with Gasteiger partial charge in [0, 0.05) is 43.4 Å². The average Bonchev–Trinajstić information content (AvgIpc) is 1.89. The van der Waals surface area contributed by atoms with Crippen LogP contribution in [0.1, 0.15) is 5.56 Å². The molecule has 7 heteroatoms. The first-order valence-electron chi connectivity index (χ1n) is 27.8. The number of rotatable bonds is 9. The lowest BCUT2D eigenvalue weighted by molar-refractivity contribution is 0.666. The summed E-state index contributed by atoms with van der Waals surface area (Å²) in [6.07, 6.45) is 0. The molecule has 7 nitrogen and oxygen atoms in total. The molecule has 0 atom stereocenters. The third-order valence-electron chi connectivity index (χ3n) is 16.2. The van der Waals surface area contributed by atoms with E-state index >= 15 is 0 Å². The number of fused-ring (bicyclic) bond motifs is 9. The van der Waals surface area contributed by atoms with E-state index in [-0.39, 0.29) is 0 Å². The van der Waals surface area contributed by atoms with E-state index in [0.717, 1.165) is 116 Å². The molecular weight excluding hydrogens is 1010 g/mol. The SMILES string of the molecule is N#Cc1c(-n2c3ccc(-c4ccccc4)cc3c3cc(-c4ccccc4)ccc32)cc2c(oc3c(-c4nc(-c5ccccc5)nc(-c5ccccc5)n4)cccc32)c1-n1c2ccc(-c3ccccc3)cc2c2cc(-c3ccccc3)ccc21. The van der Waals surface area contributed by atoms with Crippen molar-refractivity contribution in [2.24, 2.45) is 0 Å². The van der Waals surface area contributed by atoms with Gasteiger partial charge in [-0.15, -0.1) is 0 Å². The second kappa shape index (κ2) is 19.4. The van der Waals surface area contributed by atoms with Gasteiger partial charge in [0.05, 0.1) is 33.3 Å². The Kier molecular flexibility index (Phi) is 11.1. The number of aromatic nitrogens is 5. The minimum Gasteiger partial charge on any atom is -0.453 e. The molecule has 0 amide bonds. The van der Waals surface area contributed by atoms with Gasteiger partial charge in [0.2, 0.25) is 0 Å². The lowest BCUT2D eigenvalue weighted by atomic mass is 10.0. The summed E-state index contributed by atoms with van der Waals surface area (Å²) < 4.78 is 12.1. The highest BCUT2D eigenvalue weighted by molar-refractivity contribution is 6.18. The molecule has 16 rings (SSSR count). The van der Waals surface area contributed by atoms with Crippen LogP contribution in [0.2, 0.25) is 0 Å². The zero-order chi connectivity index (χ0) is 55.0. The van der Waals surface area contributed by atoms with Crippen LogP contribution in [0.4, 0.5) is 0 Å². The molecule has 0 aliphatic rings. The summed E-state index contributed by atoms with van der Waals surface area (Å²) in [5.74, 6) is 1.56. The average molecular weight is 1060 g/mol. The molecule has 0 bridgehead atoms. The Morgan fingerprint density at radius 2 is 0.651 bits per heavy atom. The molecule has 0 saturated carbocycles. The molecule has 0 aliphatic carbocycles. The Labute approximate surface area is 477 Å². The van der Waals surface area contributed by atoms with Crippen molar-refractivity contribution in [1.29, 1.82) is 5.26 Å². The topological polar surface area (TPSA) is 85.5 Å². The van der Waals surface area contributed by atoms with Gasteiger partial charge < -0.3 is 13.6 Å². The van der Waals surface area contributed by atoms with Crippen LogP contribution >= 0.6 is 0 Å². The fraction of sp³-hybridized carbons (Fsp3) is 0. The van der Waals surface area contributed by atoms with Gasteiger partial charge in [0.15, 0.2) is 23.1 Å². The maximum atomic E-state index is 12.3. The van der Waals surface area contributed by atoms with Crippen LogP contribution in [-0.4, -0.2) is 24.1 Å². The first-order chi connectivity index (χ1) is 41.1. The van der Waals surface area contributed by atoms with E-state index in [0.29, 0.717) is 45.5 Å². The summed E-state index contributed by atoms with van der Waals surface area (Å²) in [7, 11) is 0. The normalized spacial score (nSPS) is 11.6. The number of nitrogens with zero attached hydrogens (tertiary/aromatic N) is 6. The maximum Gasteiger partial charge on any atom is 0.167 e. The standard InChI is InChI=1S/C76H46N6O/c77-47-65-70(81-66-38-34-54(48-20-7-1-8-21-48)42-60(66)61-43-55(35-39-67(61)81)49-22-9-2-10-23-49)46-64-58-32-19-33-59(76-79-74(52-28-15-5-16-29-52)78-75(80-76)53-30-17-6-18-31-53)72(58)83-73(64)71(65)82-68-40-36-56(50-24-11-3-12-25-50)44-62(68)63-45-57(37-41-69(63)82)51-26-13-4-14-27-51/h1-46H. The summed E-state index contributed by atoms with van der Waals surface area (Å²) in [6, 6.07) is 100. The van der Waals surface area contributed by atoms with E-state index < -0.39 is 0 Å². The third-order valence-corrected chi connectivity index (χ3v) is 16.2. The van der Waals surface area contributed by atoms with Crippen LogP contribution < -0.4 is 0 Å². The van der Waals surface area contributed by atoms with Gasteiger partial charge in [-0.3, -0.25) is 0 Å². The second-order valence-electron chi connectivity index (χ2n) is 21.0. The van der Waals surface area contributed by atoms with E-state index in [4.69, 9.17) is 19.4 Å². The number of hydrogen-bond acceptors (Lipinski definition) is 5. The maximum absolute atomic E-state index is 12.3. The van der Waals surface area contributed by atoms with E-state index in [1.54, 1.807) is 0 Å². The van der Waals surface area contributed by atoms with Crippen LogP contribution in [0.5, 0.6) is 0 Å². The third kappa shape index (κ3) is 7.92. The van der Waals surface area contributed by atoms with Crippen LogP contribution in [0, 0.1) is 11.3 Å². The Hall–Kier alpha value is -11.5. The lowest BCUT2D eigenvalue weighted by Crippen LogP contribution is -2.05. The highest BCUT2D eigenvalue weighted by Gasteiger charge is 2.29. The minimum absolute atomic E-state index is 0.451. The molecular formula is C76H46N6O. The van der Waals surface area contributed by atoms with Gasteiger partial charge in [-0.25, -0.2) is 15.0 Å². The Morgan fingerprint density at radius 1 is 0.289 bits per heavy atom. The van der Waals surface area contributed by atoms with Crippen LogP contribution in [0.25, 0.3) is 156 Å². The predicted octanol–water partition coefficient (Wildman–Crippen LogP) is 19.5. The van der Waals surface area contributed by atoms with Crippen molar-refractivity contribution >= 4 is 65.6 Å². The van der Waals surface area contributed by atoms with Crippen LogP contribution in [-0.2, 0) is 0 Å². The summed E-state index contributed by atoms with van der Waals surface area (Å²) in [5, 5.41) is 18.2. The first kappa shape index (κ1) is 47.5. The smallest absolute Gasteiger partial charge is 0.167 e. The zero-order valence-corrected chi connectivity index (χ0v) is 44.6. The van der Waals surface area contributed by atoms with Gasteiger partial charge >= 0.3 is 0 Å². The number of hydrogen-bond donors (Lipinski definition) is 0. The quantitative estimate of drug-likeness (QED) is 0.144. The molecule has 0 spiro atoms. The van der Waals surface area contributed by atoms with E-state index in [2.05, 4.69) is 209 Å². The molecule has 386 valence electrons. The van der Waals surface area contributed by atoms with Crippen molar-refractivity contribution < 1.29 is 4.42 Å².